The van der Waals surface area contributed by atoms with Crippen LogP contribution in [0.5, 0.6) is 0 Å². The second kappa shape index (κ2) is 5.07. The zero-order valence-corrected chi connectivity index (χ0v) is 10.1. The summed E-state index contributed by atoms with van der Waals surface area (Å²) in [5, 5.41) is 0. The van der Waals surface area contributed by atoms with Gasteiger partial charge in [0, 0.05) is 0 Å². The normalized spacial score (nSPS) is 27.2. The molecule has 0 amide bonds. The maximum Gasteiger partial charge on any atom is 0.0787 e. The molecular formula is C9H12Br2O. The molecule has 1 aliphatic rings. The van der Waals surface area contributed by atoms with Crippen molar-refractivity contribution in [3.63, 3.8) is 0 Å². The Hall–Kier alpha value is 0.240. The van der Waals surface area contributed by atoms with Gasteiger partial charge >= 0.3 is 0 Å². The van der Waals surface area contributed by atoms with Crippen molar-refractivity contribution in [3.8, 4) is 0 Å². The van der Waals surface area contributed by atoms with E-state index in [4.69, 9.17) is 4.74 Å². The zero-order chi connectivity index (χ0) is 8.97. The molecule has 0 aromatic rings. The highest BCUT2D eigenvalue weighted by atomic mass is 79.9. The molecule has 1 rings (SSSR count). The second-order valence-electron chi connectivity index (χ2n) is 2.95. The lowest BCUT2D eigenvalue weighted by atomic mass is 10.2. The summed E-state index contributed by atoms with van der Waals surface area (Å²) >= 11 is 6.68. The molecule has 0 aromatic carbocycles. The van der Waals surface area contributed by atoms with Gasteiger partial charge in [-0.25, -0.2) is 0 Å². The number of ether oxygens (including phenoxy) is 1. The molecule has 0 aromatic heterocycles. The standard InChI is InChI=1S/C9H12Br2O/c1-12-5-4-8-6-7(8)2-3-9(10)11/h3-5,7-8H,2,6H2,1H3/b5-4+. The van der Waals surface area contributed by atoms with Crippen molar-refractivity contribution in [2.45, 2.75) is 12.8 Å². The molecule has 2 atom stereocenters. The minimum atomic E-state index is 0.737. The fourth-order valence-corrected chi connectivity index (χ4v) is 1.57. The van der Waals surface area contributed by atoms with Crippen LogP contribution >= 0.6 is 31.9 Å². The highest BCUT2D eigenvalue weighted by Crippen LogP contribution is 2.43. The molecular weight excluding hydrogens is 284 g/mol. The third-order valence-corrected chi connectivity index (χ3v) is 2.66. The monoisotopic (exact) mass is 294 g/mol. The van der Waals surface area contributed by atoms with E-state index < -0.39 is 0 Å². The van der Waals surface area contributed by atoms with E-state index in [0.717, 1.165) is 21.6 Å². The van der Waals surface area contributed by atoms with E-state index >= 15 is 0 Å². The summed E-state index contributed by atoms with van der Waals surface area (Å²) in [5.74, 6) is 1.56. The van der Waals surface area contributed by atoms with E-state index in [9.17, 15) is 0 Å². The van der Waals surface area contributed by atoms with Gasteiger partial charge in [0.1, 0.15) is 0 Å². The predicted molar refractivity (Wildman–Crippen MR) is 58.3 cm³/mol. The van der Waals surface area contributed by atoms with Crippen LogP contribution in [0.25, 0.3) is 0 Å². The first-order valence-corrected chi connectivity index (χ1v) is 5.53. The highest BCUT2D eigenvalue weighted by molar-refractivity contribution is 9.28. The average Bonchev–Trinajstić information content (AvgIpc) is 2.76. The molecule has 0 spiro atoms. The Bertz CT molecular complexity index is 195. The van der Waals surface area contributed by atoms with Gasteiger partial charge in [0.2, 0.25) is 0 Å². The van der Waals surface area contributed by atoms with Gasteiger partial charge < -0.3 is 4.74 Å². The van der Waals surface area contributed by atoms with Crippen molar-refractivity contribution < 1.29 is 4.74 Å². The number of hydrogen-bond donors (Lipinski definition) is 0. The van der Waals surface area contributed by atoms with Gasteiger partial charge in [-0.3, -0.25) is 0 Å². The minimum absolute atomic E-state index is 0.737. The van der Waals surface area contributed by atoms with Gasteiger partial charge in [0.05, 0.1) is 16.8 Å². The van der Waals surface area contributed by atoms with Gasteiger partial charge in [-0.1, -0.05) is 6.08 Å². The van der Waals surface area contributed by atoms with Crippen LogP contribution in [0.3, 0.4) is 0 Å². The van der Waals surface area contributed by atoms with Crippen molar-refractivity contribution in [2.75, 3.05) is 7.11 Å². The Labute approximate surface area is 90.1 Å². The molecule has 0 bridgehead atoms. The largest absolute Gasteiger partial charge is 0.505 e. The summed E-state index contributed by atoms with van der Waals surface area (Å²) in [6.07, 6.45) is 8.51. The summed E-state index contributed by atoms with van der Waals surface area (Å²) in [6.45, 7) is 0. The molecule has 68 valence electrons. The first kappa shape index (κ1) is 10.3. The van der Waals surface area contributed by atoms with E-state index in [-0.39, 0.29) is 0 Å². The number of rotatable bonds is 4. The molecule has 0 radical (unpaired) electrons. The van der Waals surface area contributed by atoms with Crippen LogP contribution in [-0.2, 0) is 4.74 Å². The van der Waals surface area contributed by atoms with Crippen molar-refractivity contribution in [2.24, 2.45) is 11.8 Å². The third-order valence-electron chi connectivity index (χ3n) is 2.01. The summed E-state index contributed by atoms with van der Waals surface area (Å²) in [7, 11) is 1.68. The Morgan fingerprint density at radius 2 is 2.33 bits per heavy atom. The molecule has 0 saturated heterocycles. The van der Waals surface area contributed by atoms with E-state index in [2.05, 4.69) is 44.0 Å². The summed E-state index contributed by atoms with van der Waals surface area (Å²) in [6, 6.07) is 0. The van der Waals surface area contributed by atoms with Crippen molar-refractivity contribution in [1.82, 2.24) is 0 Å². The van der Waals surface area contributed by atoms with E-state index in [1.165, 1.54) is 6.42 Å². The highest BCUT2D eigenvalue weighted by Gasteiger charge is 2.33. The summed E-state index contributed by atoms with van der Waals surface area (Å²) in [5.41, 5.74) is 0. The molecule has 1 aliphatic carbocycles. The number of methoxy groups -OCH3 is 1. The lowest BCUT2D eigenvalue weighted by Gasteiger charge is -1.89. The second-order valence-corrected chi connectivity index (χ2v) is 5.73. The predicted octanol–water partition coefficient (Wildman–Crippen LogP) is 3.80. The maximum atomic E-state index is 4.85. The molecule has 0 N–H and O–H groups in total. The zero-order valence-electron chi connectivity index (χ0n) is 6.97. The Morgan fingerprint density at radius 1 is 1.58 bits per heavy atom. The van der Waals surface area contributed by atoms with Gasteiger partial charge in [0.25, 0.3) is 0 Å². The van der Waals surface area contributed by atoms with Crippen LogP contribution in [0, 0.1) is 11.8 Å². The minimum Gasteiger partial charge on any atom is -0.505 e. The van der Waals surface area contributed by atoms with Crippen molar-refractivity contribution in [1.29, 1.82) is 0 Å². The first-order chi connectivity index (χ1) is 5.74. The molecule has 3 heteroatoms. The maximum absolute atomic E-state index is 4.85. The molecule has 0 heterocycles. The lowest BCUT2D eigenvalue weighted by Crippen LogP contribution is -1.76. The van der Waals surface area contributed by atoms with Crippen LogP contribution in [0.2, 0.25) is 0 Å². The molecule has 1 fully saturated rings. The van der Waals surface area contributed by atoms with Gasteiger partial charge in [-0.05, 0) is 62.6 Å². The molecule has 1 saturated carbocycles. The van der Waals surface area contributed by atoms with Crippen LogP contribution in [0.15, 0.2) is 21.8 Å². The van der Waals surface area contributed by atoms with Crippen LogP contribution in [0.4, 0.5) is 0 Å². The fourth-order valence-electron chi connectivity index (χ4n) is 1.20. The summed E-state index contributed by atoms with van der Waals surface area (Å²) < 4.78 is 5.90. The molecule has 1 nitrogen and oxygen atoms in total. The van der Waals surface area contributed by atoms with E-state index in [1.807, 2.05) is 0 Å². The van der Waals surface area contributed by atoms with Crippen LogP contribution in [0.1, 0.15) is 12.8 Å². The van der Waals surface area contributed by atoms with Crippen molar-refractivity contribution >= 4 is 31.9 Å². The van der Waals surface area contributed by atoms with Crippen LogP contribution in [-0.4, -0.2) is 7.11 Å². The quantitative estimate of drug-likeness (QED) is 0.717. The first-order valence-electron chi connectivity index (χ1n) is 3.94. The smallest absolute Gasteiger partial charge is 0.0787 e. The fraction of sp³-hybridized carbons (Fsp3) is 0.556. The SMILES string of the molecule is CO/C=C/C1CC1CC=C(Br)Br. The lowest BCUT2D eigenvalue weighted by molar-refractivity contribution is 0.335. The molecule has 12 heavy (non-hydrogen) atoms. The van der Waals surface area contributed by atoms with Gasteiger partial charge in [0.15, 0.2) is 0 Å². The van der Waals surface area contributed by atoms with Crippen LogP contribution < -0.4 is 0 Å². The molecule has 0 aliphatic heterocycles. The number of allylic oxidation sites excluding steroid dienone is 2. The van der Waals surface area contributed by atoms with E-state index in [1.54, 1.807) is 13.4 Å². The third kappa shape index (κ3) is 3.76. The van der Waals surface area contributed by atoms with Gasteiger partial charge in [-0.2, -0.15) is 0 Å². The number of hydrogen-bond acceptors (Lipinski definition) is 1. The molecule has 2 unspecified atom stereocenters. The average molecular weight is 296 g/mol. The summed E-state index contributed by atoms with van der Waals surface area (Å²) in [4.78, 5) is 0. The topological polar surface area (TPSA) is 9.23 Å². The Morgan fingerprint density at radius 3 is 2.92 bits per heavy atom. The van der Waals surface area contributed by atoms with Crippen molar-refractivity contribution in [3.05, 3.63) is 21.8 Å². The Kier molecular flexibility index (Phi) is 4.36. The van der Waals surface area contributed by atoms with Gasteiger partial charge in [-0.15, -0.1) is 0 Å². The Balaban J connectivity index is 2.16. The number of halogens is 2. The van der Waals surface area contributed by atoms with E-state index in [0.29, 0.717) is 0 Å².